The van der Waals surface area contributed by atoms with Crippen molar-refractivity contribution in [3.05, 3.63) is 93.5 Å². The molecule has 0 aliphatic carbocycles. The number of aryl methyl sites for hydroxylation is 1. The molecule has 5 rings (SSSR count). The second-order valence-electron chi connectivity index (χ2n) is 7.22. The molecule has 32 heavy (non-hydrogen) atoms. The number of pyridine rings is 1. The molecule has 0 saturated heterocycles. The van der Waals surface area contributed by atoms with Crippen molar-refractivity contribution in [2.24, 2.45) is 0 Å². The molecule has 160 valence electrons. The van der Waals surface area contributed by atoms with Gasteiger partial charge in [0.25, 0.3) is 5.91 Å². The Morgan fingerprint density at radius 3 is 2.91 bits per heavy atom. The molecular weight excluding hydrogens is 440 g/mol. The minimum Gasteiger partial charge on any atom is -0.487 e. The van der Waals surface area contributed by atoms with E-state index in [2.05, 4.69) is 26.7 Å². The van der Waals surface area contributed by atoms with Crippen LogP contribution in [0.2, 0.25) is 0 Å². The summed E-state index contributed by atoms with van der Waals surface area (Å²) in [6.07, 6.45) is 3.89. The van der Waals surface area contributed by atoms with E-state index in [4.69, 9.17) is 4.74 Å². The van der Waals surface area contributed by atoms with Gasteiger partial charge in [-0.2, -0.15) is 0 Å². The first-order valence-electron chi connectivity index (χ1n) is 10.1. The van der Waals surface area contributed by atoms with Crippen molar-refractivity contribution in [3.8, 4) is 16.3 Å². The fraction of sp³-hybridized carbons (Fsp3) is 0.125. The van der Waals surface area contributed by atoms with Crippen molar-refractivity contribution in [3.63, 3.8) is 0 Å². The Labute approximate surface area is 193 Å². The normalized spacial score (nSPS) is 11.0. The van der Waals surface area contributed by atoms with Gasteiger partial charge in [0.2, 0.25) is 0 Å². The first-order chi connectivity index (χ1) is 15.6. The van der Waals surface area contributed by atoms with Gasteiger partial charge in [-0.05, 0) is 49.4 Å². The molecule has 0 saturated carbocycles. The minimum absolute atomic E-state index is 0.136. The molecule has 1 aromatic carbocycles. The Balaban J connectivity index is 1.19. The van der Waals surface area contributed by atoms with Crippen molar-refractivity contribution in [1.82, 2.24) is 19.7 Å². The maximum Gasteiger partial charge on any atom is 0.251 e. The third-order valence-corrected chi connectivity index (χ3v) is 6.73. The number of carbonyl (C=O) groups excluding carboxylic acids is 1. The van der Waals surface area contributed by atoms with Gasteiger partial charge in [-0.15, -0.1) is 22.7 Å². The largest absolute Gasteiger partial charge is 0.487 e. The Morgan fingerprint density at radius 1 is 1.12 bits per heavy atom. The molecule has 0 atom stereocenters. The van der Waals surface area contributed by atoms with Gasteiger partial charge in [0.1, 0.15) is 18.0 Å². The third-order valence-electron chi connectivity index (χ3n) is 4.85. The van der Waals surface area contributed by atoms with Crippen LogP contribution in [0.5, 0.6) is 5.75 Å². The number of nitrogens with zero attached hydrogens (tertiary/aromatic N) is 3. The van der Waals surface area contributed by atoms with E-state index in [0.717, 1.165) is 31.8 Å². The van der Waals surface area contributed by atoms with Crippen LogP contribution in [-0.4, -0.2) is 20.3 Å². The van der Waals surface area contributed by atoms with Gasteiger partial charge in [0.05, 0.1) is 27.8 Å². The fourth-order valence-corrected chi connectivity index (χ4v) is 4.89. The molecule has 6 nitrogen and oxygen atoms in total. The molecule has 0 spiro atoms. The molecule has 0 fully saturated rings. The summed E-state index contributed by atoms with van der Waals surface area (Å²) in [7, 11) is 0. The van der Waals surface area contributed by atoms with Crippen LogP contribution in [0.4, 0.5) is 0 Å². The summed E-state index contributed by atoms with van der Waals surface area (Å²) in [5.41, 5.74) is 3.26. The van der Waals surface area contributed by atoms with Crippen LogP contribution in [0.25, 0.3) is 16.2 Å². The molecule has 0 unspecified atom stereocenters. The molecule has 0 aliphatic heterocycles. The maximum atomic E-state index is 12.7. The lowest BCUT2D eigenvalue weighted by atomic mass is 10.2. The van der Waals surface area contributed by atoms with Crippen LogP contribution in [0, 0.1) is 6.92 Å². The number of rotatable bonds is 7. The van der Waals surface area contributed by atoms with E-state index in [1.807, 2.05) is 60.1 Å². The van der Waals surface area contributed by atoms with Gasteiger partial charge in [-0.25, -0.2) is 9.97 Å². The van der Waals surface area contributed by atoms with E-state index in [0.29, 0.717) is 24.5 Å². The number of carbonyl (C=O) groups is 1. The number of imidazole rings is 1. The van der Waals surface area contributed by atoms with Gasteiger partial charge in [0, 0.05) is 28.2 Å². The van der Waals surface area contributed by atoms with Crippen LogP contribution in [0.3, 0.4) is 0 Å². The van der Waals surface area contributed by atoms with E-state index in [1.165, 1.54) is 0 Å². The number of amides is 1. The monoisotopic (exact) mass is 460 g/mol. The first-order valence-corrected chi connectivity index (χ1v) is 11.8. The Hall–Kier alpha value is -3.49. The topological polar surface area (TPSA) is 68.5 Å². The number of nitrogens with one attached hydrogen (secondary N) is 1. The Morgan fingerprint density at radius 2 is 2.06 bits per heavy atom. The molecule has 5 aromatic rings. The van der Waals surface area contributed by atoms with E-state index in [-0.39, 0.29) is 5.91 Å². The summed E-state index contributed by atoms with van der Waals surface area (Å²) in [6, 6.07) is 17.1. The number of hydrogen-bond acceptors (Lipinski definition) is 6. The lowest BCUT2D eigenvalue weighted by molar-refractivity contribution is 0.0951. The van der Waals surface area contributed by atoms with E-state index in [9.17, 15) is 4.79 Å². The highest BCUT2D eigenvalue weighted by atomic mass is 32.1. The summed E-state index contributed by atoms with van der Waals surface area (Å²) in [4.78, 5) is 23.9. The maximum absolute atomic E-state index is 12.7. The third kappa shape index (κ3) is 4.56. The quantitative estimate of drug-likeness (QED) is 0.356. The minimum atomic E-state index is -0.136. The van der Waals surface area contributed by atoms with Gasteiger partial charge < -0.3 is 14.5 Å². The average molecular weight is 461 g/mol. The smallest absolute Gasteiger partial charge is 0.251 e. The van der Waals surface area contributed by atoms with Crippen molar-refractivity contribution in [2.45, 2.75) is 20.1 Å². The van der Waals surface area contributed by atoms with Crippen LogP contribution in [0.1, 0.15) is 25.9 Å². The highest BCUT2D eigenvalue weighted by Crippen LogP contribution is 2.29. The number of fused-ring (bicyclic) bond motifs is 1. The lowest BCUT2D eigenvalue weighted by Gasteiger charge is -2.07. The average Bonchev–Trinajstić information content (AvgIpc) is 3.55. The molecular formula is C24H20N4O2S2. The SMILES string of the molecule is Cc1nc(-c2ccc(CNC(=O)c3cccc(OCc4cn5ccccc5n4)c3)s2)cs1. The Bertz CT molecular complexity index is 1350. The van der Waals surface area contributed by atoms with Crippen molar-refractivity contribution in [2.75, 3.05) is 0 Å². The van der Waals surface area contributed by atoms with Gasteiger partial charge in [-0.1, -0.05) is 12.1 Å². The predicted octanol–water partition coefficient (Wildman–Crippen LogP) is 5.34. The second-order valence-corrected chi connectivity index (χ2v) is 9.45. The number of ether oxygens (including phenoxy) is 1. The summed E-state index contributed by atoms with van der Waals surface area (Å²) in [6.45, 7) is 2.80. The molecule has 4 heterocycles. The van der Waals surface area contributed by atoms with Crippen molar-refractivity contribution >= 4 is 34.2 Å². The lowest BCUT2D eigenvalue weighted by Crippen LogP contribution is -2.22. The molecule has 1 N–H and O–H groups in total. The van der Waals surface area contributed by atoms with Crippen LogP contribution in [-0.2, 0) is 13.2 Å². The number of benzene rings is 1. The highest BCUT2D eigenvalue weighted by molar-refractivity contribution is 7.16. The van der Waals surface area contributed by atoms with E-state index < -0.39 is 0 Å². The number of thiazole rings is 1. The highest BCUT2D eigenvalue weighted by Gasteiger charge is 2.10. The zero-order valence-corrected chi connectivity index (χ0v) is 19.0. The summed E-state index contributed by atoms with van der Waals surface area (Å²) >= 11 is 3.28. The van der Waals surface area contributed by atoms with Gasteiger partial charge in [-0.3, -0.25) is 4.79 Å². The predicted molar refractivity (Wildman–Crippen MR) is 127 cm³/mol. The Kier molecular flexibility index (Phi) is 5.70. The van der Waals surface area contributed by atoms with Gasteiger partial charge >= 0.3 is 0 Å². The number of hydrogen-bond donors (Lipinski definition) is 1. The first kappa shape index (κ1) is 20.4. The molecule has 0 bridgehead atoms. The standard InChI is InChI=1S/C24H20N4O2S2/c1-16-26-21(15-31-16)22-9-8-20(32-22)12-25-24(29)17-5-4-6-19(11-17)30-14-18-13-28-10-3-2-7-23(28)27-18/h2-11,13,15H,12,14H2,1H3,(H,25,29). The van der Waals surface area contributed by atoms with Crippen molar-refractivity contribution in [1.29, 1.82) is 0 Å². The fourth-order valence-electron chi connectivity index (χ4n) is 3.30. The molecule has 8 heteroatoms. The van der Waals surface area contributed by atoms with Gasteiger partial charge in [0.15, 0.2) is 0 Å². The zero-order chi connectivity index (χ0) is 21.9. The molecule has 4 aromatic heterocycles. The van der Waals surface area contributed by atoms with Crippen LogP contribution < -0.4 is 10.1 Å². The second kappa shape index (κ2) is 8.94. The van der Waals surface area contributed by atoms with Crippen LogP contribution in [0.15, 0.2) is 72.4 Å². The summed E-state index contributed by atoms with van der Waals surface area (Å²) < 4.78 is 7.82. The zero-order valence-electron chi connectivity index (χ0n) is 17.3. The van der Waals surface area contributed by atoms with Crippen LogP contribution >= 0.6 is 22.7 Å². The summed E-state index contributed by atoms with van der Waals surface area (Å²) in [5.74, 6) is 0.495. The van der Waals surface area contributed by atoms with Crippen molar-refractivity contribution < 1.29 is 9.53 Å². The molecule has 0 aliphatic rings. The number of aromatic nitrogens is 3. The van der Waals surface area contributed by atoms with E-state index >= 15 is 0 Å². The molecule has 1 amide bonds. The van der Waals surface area contributed by atoms with E-state index in [1.54, 1.807) is 34.8 Å². The molecule has 0 radical (unpaired) electrons. The number of thiophene rings is 1. The summed E-state index contributed by atoms with van der Waals surface area (Å²) in [5, 5.41) is 6.09.